The van der Waals surface area contributed by atoms with Crippen LogP contribution >= 0.6 is 0 Å². The fourth-order valence-corrected chi connectivity index (χ4v) is 2.26. The molecule has 3 heteroatoms. The molecule has 0 saturated carbocycles. The first-order valence-electron chi connectivity index (χ1n) is 5.11. The summed E-state index contributed by atoms with van der Waals surface area (Å²) in [5.41, 5.74) is 3.55. The van der Waals surface area contributed by atoms with Gasteiger partial charge in [-0.05, 0) is 18.6 Å². The van der Waals surface area contributed by atoms with Crippen LogP contribution in [-0.4, -0.2) is 24.7 Å². The molecule has 0 spiro atoms. The smallest absolute Gasteiger partial charge is 0.304 e. The molecule has 1 heterocycles. The van der Waals surface area contributed by atoms with Crippen molar-refractivity contribution < 1.29 is 9.90 Å². The molecule has 2 rings (SSSR count). The van der Waals surface area contributed by atoms with Crippen molar-refractivity contribution in [1.82, 2.24) is 0 Å². The van der Waals surface area contributed by atoms with E-state index in [2.05, 4.69) is 23.1 Å². The molecule has 0 radical (unpaired) electrons. The van der Waals surface area contributed by atoms with E-state index in [1.165, 1.54) is 16.8 Å². The van der Waals surface area contributed by atoms with E-state index in [1.54, 1.807) is 0 Å². The van der Waals surface area contributed by atoms with Crippen molar-refractivity contribution in [1.29, 1.82) is 0 Å². The van der Waals surface area contributed by atoms with Crippen LogP contribution in [0.15, 0.2) is 18.2 Å². The fourth-order valence-electron chi connectivity index (χ4n) is 2.26. The molecule has 1 aromatic carbocycles. The van der Waals surface area contributed by atoms with Gasteiger partial charge in [-0.3, -0.25) is 4.79 Å². The first-order chi connectivity index (χ1) is 7.08. The molecule has 1 aliphatic rings. The van der Waals surface area contributed by atoms with E-state index >= 15 is 0 Å². The number of nitrogens with zero attached hydrogens (tertiary/aromatic N) is 1. The van der Waals surface area contributed by atoms with E-state index in [9.17, 15) is 4.79 Å². The average molecular weight is 205 g/mol. The van der Waals surface area contributed by atoms with Gasteiger partial charge in [-0.25, -0.2) is 0 Å². The Balaban J connectivity index is 2.35. The van der Waals surface area contributed by atoms with Gasteiger partial charge in [0.05, 0.1) is 6.42 Å². The molecule has 0 aromatic heterocycles. The van der Waals surface area contributed by atoms with E-state index in [4.69, 9.17) is 5.11 Å². The first kappa shape index (κ1) is 10.0. The lowest BCUT2D eigenvalue weighted by Crippen LogP contribution is -2.16. The predicted molar refractivity (Wildman–Crippen MR) is 59.4 cm³/mol. The highest BCUT2D eigenvalue weighted by Gasteiger charge is 2.27. The van der Waals surface area contributed by atoms with Crippen molar-refractivity contribution in [3.05, 3.63) is 29.3 Å². The van der Waals surface area contributed by atoms with Crippen LogP contribution in [-0.2, 0) is 4.79 Å². The maximum absolute atomic E-state index is 10.7. The standard InChI is InChI=1S/C12H15NO2/c1-8-3-4-11-10(5-8)9(6-12(14)15)7-13(11)2/h3-5,9H,6-7H2,1-2H3,(H,14,15). The van der Waals surface area contributed by atoms with Crippen molar-refractivity contribution in [2.75, 3.05) is 18.5 Å². The van der Waals surface area contributed by atoms with E-state index in [0.717, 1.165) is 6.54 Å². The van der Waals surface area contributed by atoms with E-state index in [-0.39, 0.29) is 12.3 Å². The Kier molecular flexibility index (Phi) is 2.39. The quantitative estimate of drug-likeness (QED) is 0.802. The summed E-state index contributed by atoms with van der Waals surface area (Å²) in [5, 5.41) is 8.84. The lowest BCUT2D eigenvalue weighted by molar-refractivity contribution is -0.137. The van der Waals surface area contributed by atoms with E-state index in [1.807, 2.05) is 14.0 Å². The molecule has 1 aromatic rings. The Morgan fingerprint density at radius 3 is 3.00 bits per heavy atom. The summed E-state index contributed by atoms with van der Waals surface area (Å²) in [6.45, 7) is 2.85. The third kappa shape index (κ3) is 1.82. The van der Waals surface area contributed by atoms with Crippen LogP contribution in [0.3, 0.4) is 0 Å². The van der Waals surface area contributed by atoms with Crippen LogP contribution in [0.5, 0.6) is 0 Å². The molecule has 3 nitrogen and oxygen atoms in total. The molecule has 1 atom stereocenters. The number of rotatable bonds is 2. The van der Waals surface area contributed by atoms with Gasteiger partial charge in [-0.1, -0.05) is 17.7 Å². The van der Waals surface area contributed by atoms with Crippen LogP contribution in [0.25, 0.3) is 0 Å². The minimum absolute atomic E-state index is 0.141. The van der Waals surface area contributed by atoms with Gasteiger partial charge < -0.3 is 10.0 Å². The van der Waals surface area contributed by atoms with Crippen LogP contribution in [0.1, 0.15) is 23.5 Å². The highest BCUT2D eigenvalue weighted by atomic mass is 16.4. The molecule has 15 heavy (non-hydrogen) atoms. The number of carboxylic acids is 1. The molecular formula is C12H15NO2. The maximum atomic E-state index is 10.7. The number of aryl methyl sites for hydroxylation is 1. The zero-order chi connectivity index (χ0) is 11.0. The van der Waals surface area contributed by atoms with Crippen molar-refractivity contribution in [2.24, 2.45) is 0 Å². The zero-order valence-electron chi connectivity index (χ0n) is 9.03. The van der Waals surface area contributed by atoms with Crippen LogP contribution < -0.4 is 4.90 Å². The molecule has 0 amide bonds. The number of anilines is 1. The minimum atomic E-state index is -0.720. The number of benzene rings is 1. The third-order valence-corrected chi connectivity index (χ3v) is 2.95. The second-order valence-corrected chi connectivity index (χ2v) is 4.24. The molecule has 0 aliphatic carbocycles. The highest BCUT2D eigenvalue weighted by Crippen LogP contribution is 2.37. The lowest BCUT2D eigenvalue weighted by atomic mass is 9.96. The van der Waals surface area contributed by atoms with Gasteiger partial charge in [0.2, 0.25) is 0 Å². The summed E-state index contributed by atoms with van der Waals surface area (Å²) in [6, 6.07) is 6.25. The number of hydrogen-bond acceptors (Lipinski definition) is 2. The van der Waals surface area contributed by atoms with Gasteiger partial charge >= 0.3 is 5.97 Å². The summed E-state index contributed by atoms with van der Waals surface area (Å²) in [7, 11) is 2.01. The van der Waals surface area contributed by atoms with E-state index < -0.39 is 5.97 Å². The topological polar surface area (TPSA) is 40.5 Å². The summed E-state index contributed by atoms with van der Waals surface area (Å²) < 4.78 is 0. The second-order valence-electron chi connectivity index (χ2n) is 4.24. The Morgan fingerprint density at radius 2 is 2.33 bits per heavy atom. The summed E-state index contributed by atoms with van der Waals surface area (Å²) in [4.78, 5) is 12.9. The Hall–Kier alpha value is -1.51. The third-order valence-electron chi connectivity index (χ3n) is 2.95. The number of carbonyl (C=O) groups is 1. The average Bonchev–Trinajstić information content (AvgIpc) is 2.42. The molecule has 1 N–H and O–H groups in total. The Morgan fingerprint density at radius 1 is 1.60 bits per heavy atom. The Labute approximate surface area is 89.3 Å². The highest BCUT2D eigenvalue weighted by molar-refractivity contribution is 5.71. The monoisotopic (exact) mass is 205 g/mol. The summed E-state index contributed by atoms with van der Waals surface area (Å²) >= 11 is 0. The van der Waals surface area contributed by atoms with Crippen molar-refractivity contribution in [3.8, 4) is 0 Å². The minimum Gasteiger partial charge on any atom is -0.481 e. The number of carboxylic acid groups (broad SMARTS) is 1. The van der Waals surface area contributed by atoms with Gasteiger partial charge in [0, 0.05) is 25.2 Å². The molecule has 1 unspecified atom stereocenters. The van der Waals surface area contributed by atoms with Gasteiger partial charge in [0.25, 0.3) is 0 Å². The molecule has 0 bridgehead atoms. The maximum Gasteiger partial charge on any atom is 0.304 e. The van der Waals surface area contributed by atoms with Gasteiger partial charge in [0.1, 0.15) is 0 Å². The second kappa shape index (κ2) is 3.57. The zero-order valence-corrected chi connectivity index (χ0v) is 9.03. The van der Waals surface area contributed by atoms with Gasteiger partial charge in [0.15, 0.2) is 0 Å². The van der Waals surface area contributed by atoms with Crippen molar-refractivity contribution in [2.45, 2.75) is 19.3 Å². The number of likely N-dealkylation sites (N-methyl/N-ethyl adjacent to an activating group) is 1. The van der Waals surface area contributed by atoms with E-state index in [0.29, 0.717) is 0 Å². The Bertz CT molecular complexity index is 401. The predicted octanol–water partition coefficient (Wildman–Crippen LogP) is 2.00. The van der Waals surface area contributed by atoms with Crippen LogP contribution in [0.2, 0.25) is 0 Å². The molecule has 80 valence electrons. The van der Waals surface area contributed by atoms with Crippen molar-refractivity contribution in [3.63, 3.8) is 0 Å². The normalized spacial score (nSPS) is 19.1. The van der Waals surface area contributed by atoms with Crippen molar-refractivity contribution >= 4 is 11.7 Å². The number of aliphatic carboxylic acids is 1. The molecule has 0 saturated heterocycles. The summed E-state index contributed by atoms with van der Waals surface area (Å²) in [5.74, 6) is -0.579. The van der Waals surface area contributed by atoms with Crippen LogP contribution in [0, 0.1) is 6.92 Å². The lowest BCUT2D eigenvalue weighted by Gasteiger charge is -2.11. The SMILES string of the molecule is Cc1ccc2c(c1)C(CC(=O)O)CN2C. The fraction of sp³-hybridized carbons (Fsp3) is 0.417. The largest absolute Gasteiger partial charge is 0.481 e. The molecular weight excluding hydrogens is 190 g/mol. The molecule has 0 fully saturated rings. The van der Waals surface area contributed by atoms with Gasteiger partial charge in [-0.2, -0.15) is 0 Å². The van der Waals surface area contributed by atoms with Gasteiger partial charge in [-0.15, -0.1) is 0 Å². The number of fused-ring (bicyclic) bond motifs is 1. The summed E-state index contributed by atoms with van der Waals surface area (Å²) in [6.07, 6.45) is 0.223. The molecule has 1 aliphatic heterocycles. The first-order valence-corrected chi connectivity index (χ1v) is 5.11. The van der Waals surface area contributed by atoms with Crippen LogP contribution in [0.4, 0.5) is 5.69 Å². The number of hydrogen-bond donors (Lipinski definition) is 1.